The Hall–Kier alpha value is -3.03. The van der Waals surface area contributed by atoms with Gasteiger partial charge in [0.15, 0.2) is 11.6 Å². The number of carbonyl (C=O) groups is 1. The van der Waals surface area contributed by atoms with Crippen molar-refractivity contribution in [1.29, 1.82) is 0 Å². The van der Waals surface area contributed by atoms with Crippen molar-refractivity contribution < 1.29 is 36.9 Å². The third kappa shape index (κ3) is 3.28. The first-order valence-electron chi connectivity index (χ1n) is 7.01. The molecule has 0 spiro atoms. The van der Waals surface area contributed by atoms with Gasteiger partial charge in [-0.25, -0.2) is 9.18 Å². The molecule has 0 saturated carbocycles. The van der Waals surface area contributed by atoms with Crippen LogP contribution in [0.1, 0.15) is 5.56 Å². The first kappa shape index (κ1) is 16.8. The summed E-state index contributed by atoms with van der Waals surface area (Å²) in [6.45, 7) is 0. The highest BCUT2D eigenvalue weighted by Gasteiger charge is 2.48. The van der Waals surface area contributed by atoms with Crippen molar-refractivity contribution in [3.8, 4) is 17.2 Å². The fourth-order valence-corrected chi connectivity index (χ4v) is 2.34. The predicted molar refractivity (Wildman–Crippen MR) is 79.0 cm³/mol. The van der Waals surface area contributed by atoms with Gasteiger partial charge in [-0.05, 0) is 30.3 Å². The standard InChI is InChI=1S/C17H10F4O4/c18-11-4-1-2-5-14(11)24-12-6-3-7-13-9(12)8-10(16(22)23)15(25-13)17(19,20)21/h1-8,15H,(H,22,23). The number of halogens is 4. The zero-order valence-corrected chi connectivity index (χ0v) is 12.4. The molecule has 2 aromatic carbocycles. The molecule has 0 aliphatic carbocycles. The number of fused-ring (bicyclic) bond motifs is 1. The largest absolute Gasteiger partial charge is 0.478 e. The quantitative estimate of drug-likeness (QED) is 0.830. The van der Waals surface area contributed by atoms with E-state index in [0.29, 0.717) is 0 Å². The molecule has 0 aromatic heterocycles. The van der Waals surface area contributed by atoms with E-state index in [1.807, 2.05) is 0 Å². The zero-order valence-electron chi connectivity index (χ0n) is 12.4. The first-order chi connectivity index (χ1) is 11.8. The van der Waals surface area contributed by atoms with E-state index in [-0.39, 0.29) is 22.8 Å². The van der Waals surface area contributed by atoms with Gasteiger partial charge in [-0.2, -0.15) is 13.2 Å². The third-order valence-electron chi connectivity index (χ3n) is 3.45. The van der Waals surface area contributed by atoms with Gasteiger partial charge in [0.05, 0.1) is 11.1 Å². The molecular weight excluding hydrogens is 344 g/mol. The number of hydrogen-bond donors (Lipinski definition) is 1. The lowest BCUT2D eigenvalue weighted by Crippen LogP contribution is -2.40. The van der Waals surface area contributed by atoms with Crippen LogP contribution in [0.2, 0.25) is 0 Å². The van der Waals surface area contributed by atoms with E-state index in [1.54, 1.807) is 0 Å². The molecule has 1 unspecified atom stereocenters. The fraction of sp³-hybridized carbons (Fsp3) is 0.118. The van der Waals surface area contributed by atoms with E-state index in [4.69, 9.17) is 14.6 Å². The van der Waals surface area contributed by atoms with E-state index in [9.17, 15) is 22.4 Å². The maximum absolute atomic E-state index is 13.7. The maximum Gasteiger partial charge on any atom is 0.430 e. The Bertz CT molecular complexity index is 858. The van der Waals surface area contributed by atoms with Crippen molar-refractivity contribution in [3.63, 3.8) is 0 Å². The minimum Gasteiger partial charge on any atom is -0.478 e. The molecule has 0 amide bonds. The van der Waals surface area contributed by atoms with Crippen LogP contribution in [0.15, 0.2) is 48.0 Å². The topological polar surface area (TPSA) is 55.8 Å². The molecule has 0 bridgehead atoms. The summed E-state index contributed by atoms with van der Waals surface area (Å²) in [4.78, 5) is 11.2. The van der Waals surface area contributed by atoms with E-state index in [0.717, 1.165) is 12.1 Å². The summed E-state index contributed by atoms with van der Waals surface area (Å²) < 4.78 is 63.0. The second-order valence-corrected chi connectivity index (χ2v) is 5.14. The van der Waals surface area contributed by atoms with Gasteiger partial charge in [-0.15, -0.1) is 0 Å². The molecule has 130 valence electrons. The molecule has 3 rings (SSSR count). The van der Waals surface area contributed by atoms with Crippen molar-refractivity contribution in [3.05, 3.63) is 59.4 Å². The number of carboxylic acid groups (broad SMARTS) is 1. The Morgan fingerprint density at radius 3 is 2.40 bits per heavy atom. The molecule has 4 nitrogen and oxygen atoms in total. The molecule has 0 saturated heterocycles. The van der Waals surface area contributed by atoms with E-state index < -0.39 is 29.6 Å². The van der Waals surface area contributed by atoms with Gasteiger partial charge in [0.25, 0.3) is 0 Å². The second kappa shape index (κ2) is 6.12. The van der Waals surface area contributed by atoms with Crippen molar-refractivity contribution in [2.75, 3.05) is 0 Å². The van der Waals surface area contributed by atoms with Crippen molar-refractivity contribution in [2.45, 2.75) is 12.3 Å². The molecule has 25 heavy (non-hydrogen) atoms. The molecule has 8 heteroatoms. The number of rotatable bonds is 3. The number of alkyl halides is 3. The lowest BCUT2D eigenvalue weighted by molar-refractivity contribution is -0.187. The molecular formula is C17H10F4O4. The van der Waals surface area contributed by atoms with Crippen LogP contribution < -0.4 is 9.47 Å². The summed E-state index contributed by atoms with van der Waals surface area (Å²) in [6, 6.07) is 9.43. The monoisotopic (exact) mass is 354 g/mol. The highest BCUT2D eigenvalue weighted by Crippen LogP contribution is 2.42. The number of hydrogen-bond acceptors (Lipinski definition) is 3. The lowest BCUT2D eigenvalue weighted by atomic mass is 10.0. The highest BCUT2D eigenvalue weighted by molar-refractivity contribution is 5.95. The van der Waals surface area contributed by atoms with E-state index in [2.05, 4.69) is 0 Å². The van der Waals surface area contributed by atoms with Gasteiger partial charge >= 0.3 is 12.1 Å². The SMILES string of the molecule is O=C(O)C1=Cc2c(Oc3ccccc3F)cccc2OC1C(F)(F)F. The average molecular weight is 354 g/mol. The summed E-state index contributed by atoms with van der Waals surface area (Å²) in [5.41, 5.74) is -0.992. The number of aliphatic carboxylic acids is 1. The molecule has 1 heterocycles. The molecule has 1 atom stereocenters. The Labute approximate surface area is 138 Å². The van der Waals surface area contributed by atoms with Crippen LogP contribution in [0, 0.1) is 5.82 Å². The minimum absolute atomic E-state index is 0.0105. The number of carboxylic acids is 1. The average Bonchev–Trinajstić information content (AvgIpc) is 2.55. The third-order valence-corrected chi connectivity index (χ3v) is 3.45. The first-order valence-corrected chi connectivity index (χ1v) is 7.01. The summed E-state index contributed by atoms with van der Waals surface area (Å²) in [5, 5.41) is 9.07. The Morgan fingerprint density at radius 1 is 1.08 bits per heavy atom. The van der Waals surface area contributed by atoms with Crippen LogP contribution in [0.5, 0.6) is 17.2 Å². The highest BCUT2D eigenvalue weighted by atomic mass is 19.4. The van der Waals surface area contributed by atoms with Gasteiger partial charge in [0, 0.05) is 0 Å². The van der Waals surface area contributed by atoms with Crippen LogP contribution in [-0.4, -0.2) is 23.4 Å². The Balaban J connectivity index is 2.07. The van der Waals surface area contributed by atoms with E-state index >= 15 is 0 Å². The van der Waals surface area contributed by atoms with Gasteiger partial charge in [0.1, 0.15) is 11.5 Å². The zero-order chi connectivity index (χ0) is 18.2. The molecule has 0 fully saturated rings. The summed E-state index contributed by atoms with van der Waals surface area (Å²) in [7, 11) is 0. The van der Waals surface area contributed by atoms with Crippen molar-refractivity contribution in [1.82, 2.24) is 0 Å². The predicted octanol–water partition coefficient (Wildman–Crippen LogP) is 4.41. The van der Waals surface area contributed by atoms with Crippen molar-refractivity contribution in [2.24, 2.45) is 0 Å². The lowest BCUT2D eigenvalue weighted by Gasteiger charge is -2.27. The summed E-state index contributed by atoms with van der Waals surface area (Å²) in [6.07, 6.45) is -6.67. The van der Waals surface area contributed by atoms with E-state index in [1.165, 1.54) is 36.4 Å². The number of benzene rings is 2. The number of para-hydroxylation sites is 1. The normalized spacial score (nSPS) is 16.5. The van der Waals surface area contributed by atoms with Crippen LogP contribution in [-0.2, 0) is 4.79 Å². The van der Waals surface area contributed by atoms with Gasteiger partial charge in [0.2, 0.25) is 6.10 Å². The van der Waals surface area contributed by atoms with Gasteiger partial charge < -0.3 is 14.6 Å². The van der Waals surface area contributed by atoms with Crippen LogP contribution in [0.25, 0.3) is 6.08 Å². The summed E-state index contributed by atoms with van der Waals surface area (Å²) in [5.74, 6) is -2.83. The van der Waals surface area contributed by atoms with Gasteiger partial charge in [-0.3, -0.25) is 0 Å². The Kier molecular flexibility index (Phi) is 4.12. The molecule has 1 N–H and O–H groups in total. The fourth-order valence-electron chi connectivity index (χ4n) is 2.34. The van der Waals surface area contributed by atoms with Crippen LogP contribution in [0.3, 0.4) is 0 Å². The van der Waals surface area contributed by atoms with Crippen LogP contribution >= 0.6 is 0 Å². The Morgan fingerprint density at radius 2 is 1.76 bits per heavy atom. The number of ether oxygens (including phenoxy) is 2. The minimum atomic E-state index is -4.90. The molecule has 2 aromatic rings. The van der Waals surface area contributed by atoms with Gasteiger partial charge in [-0.1, -0.05) is 18.2 Å². The molecule has 0 radical (unpaired) electrons. The molecule has 1 aliphatic heterocycles. The summed E-state index contributed by atoms with van der Waals surface area (Å²) >= 11 is 0. The van der Waals surface area contributed by atoms with Crippen LogP contribution in [0.4, 0.5) is 17.6 Å². The molecule has 1 aliphatic rings. The smallest absolute Gasteiger partial charge is 0.430 e. The second-order valence-electron chi connectivity index (χ2n) is 5.14. The van der Waals surface area contributed by atoms with Crippen molar-refractivity contribution >= 4 is 12.0 Å². The maximum atomic E-state index is 13.7.